The van der Waals surface area contributed by atoms with E-state index in [-0.39, 0.29) is 12.5 Å². The molecule has 1 heterocycles. The van der Waals surface area contributed by atoms with Crippen LogP contribution in [0.3, 0.4) is 0 Å². The minimum absolute atomic E-state index is 0.0239. The molecule has 1 aromatic heterocycles. The van der Waals surface area contributed by atoms with E-state index in [0.29, 0.717) is 11.7 Å². The van der Waals surface area contributed by atoms with Gasteiger partial charge in [0.1, 0.15) is 5.75 Å². The molecule has 24 heavy (non-hydrogen) atoms. The SMILES string of the molecule is Cc1cc(OCC(=O)Nc2ccc3[nH]ncc3c2)ccc1C(C)C. The van der Waals surface area contributed by atoms with E-state index in [1.54, 1.807) is 6.20 Å². The van der Waals surface area contributed by atoms with E-state index in [1.165, 1.54) is 11.1 Å². The van der Waals surface area contributed by atoms with Crippen LogP contribution in [0.4, 0.5) is 5.69 Å². The fraction of sp³-hybridized carbons (Fsp3) is 0.263. The number of hydrogen-bond acceptors (Lipinski definition) is 3. The summed E-state index contributed by atoms with van der Waals surface area (Å²) < 4.78 is 5.60. The van der Waals surface area contributed by atoms with Crippen molar-refractivity contribution in [1.82, 2.24) is 10.2 Å². The van der Waals surface area contributed by atoms with Crippen LogP contribution in [0.5, 0.6) is 5.75 Å². The third-order valence-corrected chi connectivity index (χ3v) is 3.96. The molecule has 0 aliphatic rings. The lowest BCUT2D eigenvalue weighted by Gasteiger charge is -2.12. The van der Waals surface area contributed by atoms with Crippen molar-refractivity contribution in [3.05, 3.63) is 53.7 Å². The first-order valence-corrected chi connectivity index (χ1v) is 7.99. The standard InChI is InChI=1S/C19H21N3O2/c1-12(2)17-6-5-16(8-13(17)3)24-11-19(23)21-15-4-7-18-14(9-15)10-20-22-18/h4-10,12H,11H2,1-3H3,(H,20,22)(H,21,23). The topological polar surface area (TPSA) is 67.0 Å². The number of amides is 1. The number of ether oxygens (including phenoxy) is 1. The summed E-state index contributed by atoms with van der Waals surface area (Å²) >= 11 is 0. The molecule has 0 bridgehead atoms. The van der Waals surface area contributed by atoms with E-state index in [9.17, 15) is 4.79 Å². The molecule has 0 spiro atoms. The van der Waals surface area contributed by atoms with Gasteiger partial charge in [0.25, 0.3) is 5.91 Å². The van der Waals surface area contributed by atoms with Crippen molar-refractivity contribution in [3.8, 4) is 5.75 Å². The number of fused-ring (bicyclic) bond motifs is 1. The maximum atomic E-state index is 12.1. The van der Waals surface area contributed by atoms with Crippen LogP contribution in [-0.4, -0.2) is 22.7 Å². The number of carbonyl (C=O) groups excluding carboxylic acids is 1. The summed E-state index contributed by atoms with van der Waals surface area (Å²) in [6, 6.07) is 11.5. The summed E-state index contributed by atoms with van der Waals surface area (Å²) in [7, 11) is 0. The molecular formula is C19H21N3O2. The van der Waals surface area contributed by atoms with Crippen LogP contribution in [0.2, 0.25) is 0 Å². The minimum atomic E-state index is -0.191. The van der Waals surface area contributed by atoms with Crippen LogP contribution >= 0.6 is 0 Å². The first-order valence-electron chi connectivity index (χ1n) is 7.99. The number of H-pyrrole nitrogens is 1. The van der Waals surface area contributed by atoms with Gasteiger partial charge in [0, 0.05) is 11.1 Å². The largest absolute Gasteiger partial charge is 0.484 e. The molecule has 2 N–H and O–H groups in total. The number of hydrogen-bond donors (Lipinski definition) is 2. The molecule has 124 valence electrons. The second kappa shape index (κ2) is 6.74. The fourth-order valence-electron chi connectivity index (χ4n) is 2.75. The quantitative estimate of drug-likeness (QED) is 0.745. The Hall–Kier alpha value is -2.82. The zero-order valence-corrected chi connectivity index (χ0v) is 14.1. The molecule has 3 rings (SSSR count). The lowest BCUT2D eigenvalue weighted by molar-refractivity contribution is -0.118. The number of benzene rings is 2. The lowest BCUT2D eigenvalue weighted by Crippen LogP contribution is -2.20. The summed E-state index contributed by atoms with van der Waals surface area (Å²) in [5.74, 6) is 0.987. The zero-order valence-electron chi connectivity index (χ0n) is 14.1. The van der Waals surface area contributed by atoms with E-state index in [0.717, 1.165) is 16.6 Å². The third kappa shape index (κ3) is 3.56. The van der Waals surface area contributed by atoms with Crippen molar-refractivity contribution < 1.29 is 9.53 Å². The molecule has 0 saturated carbocycles. The van der Waals surface area contributed by atoms with Gasteiger partial charge in [0.15, 0.2) is 6.61 Å². The number of nitrogens with zero attached hydrogens (tertiary/aromatic N) is 1. The number of aromatic nitrogens is 2. The fourth-order valence-corrected chi connectivity index (χ4v) is 2.75. The van der Waals surface area contributed by atoms with Gasteiger partial charge in [0.05, 0.1) is 11.7 Å². The number of nitrogens with one attached hydrogen (secondary N) is 2. The Morgan fingerprint density at radius 1 is 1.25 bits per heavy atom. The average molecular weight is 323 g/mol. The highest BCUT2D eigenvalue weighted by Gasteiger charge is 2.08. The summed E-state index contributed by atoms with van der Waals surface area (Å²) in [6.07, 6.45) is 1.72. The van der Waals surface area contributed by atoms with Crippen molar-refractivity contribution in [3.63, 3.8) is 0 Å². The molecule has 0 aliphatic carbocycles. The number of anilines is 1. The van der Waals surface area contributed by atoms with E-state index in [1.807, 2.05) is 30.3 Å². The summed E-state index contributed by atoms with van der Waals surface area (Å²) in [6.45, 7) is 6.35. The number of aromatic amines is 1. The molecule has 0 radical (unpaired) electrons. The Bertz CT molecular complexity index is 868. The zero-order chi connectivity index (χ0) is 17.1. The molecule has 0 fully saturated rings. The highest BCUT2D eigenvalue weighted by atomic mass is 16.5. The first-order chi connectivity index (χ1) is 11.5. The van der Waals surface area contributed by atoms with Gasteiger partial charge in [0.2, 0.25) is 0 Å². The van der Waals surface area contributed by atoms with Crippen molar-refractivity contribution in [2.45, 2.75) is 26.7 Å². The highest BCUT2D eigenvalue weighted by molar-refractivity contribution is 5.94. The average Bonchev–Trinajstić information content (AvgIpc) is 3.00. The van der Waals surface area contributed by atoms with Crippen LogP contribution in [0.25, 0.3) is 10.9 Å². The lowest BCUT2D eigenvalue weighted by atomic mass is 9.98. The van der Waals surface area contributed by atoms with Crippen LogP contribution in [0.15, 0.2) is 42.6 Å². The predicted octanol–water partition coefficient (Wildman–Crippen LogP) is 4.01. The maximum Gasteiger partial charge on any atom is 0.262 e. The van der Waals surface area contributed by atoms with Crippen molar-refractivity contribution >= 4 is 22.5 Å². The molecule has 0 aliphatic heterocycles. The summed E-state index contributed by atoms with van der Waals surface area (Å²) in [5.41, 5.74) is 4.13. The minimum Gasteiger partial charge on any atom is -0.484 e. The second-order valence-electron chi connectivity index (χ2n) is 6.18. The monoisotopic (exact) mass is 323 g/mol. The summed E-state index contributed by atoms with van der Waals surface area (Å²) in [4.78, 5) is 12.1. The van der Waals surface area contributed by atoms with E-state index < -0.39 is 0 Å². The molecule has 2 aromatic carbocycles. The Morgan fingerprint density at radius 3 is 2.83 bits per heavy atom. The molecule has 0 unspecified atom stereocenters. The Kier molecular flexibility index (Phi) is 4.51. The highest BCUT2D eigenvalue weighted by Crippen LogP contribution is 2.23. The number of aryl methyl sites for hydroxylation is 1. The van der Waals surface area contributed by atoms with Gasteiger partial charge >= 0.3 is 0 Å². The van der Waals surface area contributed by atoms with Crippen LogP contribution < -0.4 is 10.1 Å². The van der Waals surface area contributed by atoms with E-state index >= 15 is 0 Å². The van der Waals surface area contributed by atoms with Gasteiger partial charge in [-0.1, -0.05) is 19.9 Å². The molecular weight excluding hydrogens is 302 g/mol. The maximum absolute atomic E-state index is 12.1. The van der Waals surface area contributed by atoms with Gasteiger partial charge < -0.3 is 10.1 Å². The molecule has 5 heteroatoms. The van der Waals surface area contributed by atoms with Crippen molar-refractivity contribution in [2.24, 2.45) is 0 Å². The van der Waals surface area contributed by atoms with Crippen molar-refractivity contribution in [2.75, 3.05) is 11.9 Å². The van der Waals surface area contributed by atoms with Crippen LogP contribution in [0, 0.1) is 6.92 Å². The molecule has 0 saturated heterocycles. The Morgan fingerprint density at radius 2 is 2.08 bits per heavy atom. The molecule has 5 nitrogen and oxygen atoms in total. The molecule has 1 amide bonds. The normalized spacial score (nSPS) is 11.0. The van der Waals surface area contributed by atoms with Crippen molar-refractivity contribution in [1.29, 1.82) is 0 Å². The van der Waals surface area contributed by atoms with E-state index in [4.69, 9.17) is 4.74 Å². The predicted molar refractivity (Wildman–Crippen MR) is 95.5 cm³/mol. The Labute approximate surface area is 141 Å². The van der Waals surface area contributed by atoms with Gasteiger partial charge in [-0.05, 0) is 54.3 Å². The second-order valence-corrected chi connectivity index (χ2v) is 6.18. The van der Waals surface area contributed by atoms with Gasteiger partial charge in [-0.2, -0.15) is 5.10 Å². The third-order valence-electron chi connectivity index (χ3n) is 3.96. The molecule has 0 atom stereocenters. The number of rotatable bonds is 5. The van der Waals surface area contributed by atoms with E-state index in [2.05, 4.69) is 42.4 Å². The summed E-state index contributed by atoms with van der Waals surface area (Å²) in [5, 5.41) is 10.6. The Balaban J connectivity index is 1.60. The number of carbonyl (C=O) groups is 1. The van der Waals surface area contributed by atoms with Crippen LogP contribution in [-0.2, 0) is 4.79 Å². The van der Waals surface area contributed by atoms with Gasteiger partial charge in [-0.25, -0.2) is 0 Å². The van der Waals surface area contributed by atoms with Gasteiger partial charge in [-0.15, -0.1) is 0 Å². The molecule has 3 aromatic rings. The first kappa shape index (κ1) is 16.1. The van der Waals surface area contributed by atoms with Crippen LogP contribution in [0.1, 0.15) is 30.9 Å². The van der Waals surface area contributed by atoms with Gasteiger partial charge in [-0.3, -0.25) is 9.89 Å². The smallest absolute Gasteiger partial charge is 0.262 e.